The first kappa shape index (κ1) is 55.4. The van der Waals surface area contributed by atoms with Gasteiger partial charge in [-0.05, 0) is 183 Å². The van der Waals surface area contributed by atoms with Crippen LogP contribution in [0, 0.1) is 26.7 Å². The molecule has 0 unspecified atom stereocenters. The van der Waals surface area contributed by atoms with Gasteiger partial charge in [0.2, 0.25) is 0 Å². The first-order chi connectivity index (χ1) is 41.6. The summed E-state index contributed by atoms with van der Waals surface area (Å²) in [6.45, 7) is 3.06. The van der Waals surface area contributed by atoms with Crippen LogP contribution >= 0.6 is 0 Å². The van der Waals surface area contributed by atoms with E-state index in [9.17, 15) is 0 Å². The standard InChI is InChI=1S/2C41H29.2CH3.Si.Zr/c2*1-5-13-32-28(9-1)24-29-10-2-6-14-33(29)40(32)36-19-20-37(39-23-27(22-38(36)39)21-26-17-18-26)41-34-15-7-3-11-30(34)25-31-12-4-8-16-35(31)41;;;;/h2*1-16,19-20,22-26H,17-18,21H2;2*1H3;;/q4*-1;;. The molecule has 2 fully saturated rings. The van der Waals surface area contributed by atoms with E-state index in [0.717, 1.165) is 11.8 Å². The summed E-state index contributed by atoms with van der Waals surface area (Å²) in [5, 5.41) is 26.4. The van der Waals surface area contributed by atoms with Gasteiger partial charge in [0.05, 0.1) is 0 Å². The Morgan fingerprint density at radius 2 is 0.477 bits per heavy atom. The van der Waals surface area contributed by atoms with E-state index < -0.39 is 0 Å². The molecule has 0 saturated heterocycles. The van der Waals surface area contributed by atoms with Crippen LogP contribution in [0.5, 0.6) is 0 Å². The Bertz CT molecular complexity index is 4420. The zero-order valence-corrected chi connectivity index (χ0v) is 52.3. The van der Waals surface area contributed by atoms with Gasteiger partial charge in [-0.1, -0.05) is 241 Å². The SMILES string of the molecule is [CH3-].[CH3-].[Si]=[Zr].c1ccc2c(-c3ccc(-c4c5ccccc5cc5ccccc45)c4[cH-]c(CC5CC5)cc34)c3ccccc3cc2c1.c1ccc2c(-c3ccc(-c4c5ccccc5cc5ccccc45)c4[cH-]c(CC5CC5)cc34)c3ccccc3cc2c1. The molecule has 0 amide bonds. The maximum atomic E-state index is 3.06. The number of hydrogen-bond donors (Lipinski definition) is 0. The molecular weight excluding hydrogens is 1130 g/mol. The van der Waals surface area contributed by atoms with Crippen molar-refractivity contribution in [3.05, 3.63) is 293 Å². The van der Waals surface area contributed by atoms with Crippen LogP contribution < -0.4 is 0 Å². The number of fused-ring (bicyclic) bond motifs is 10. The third kappa shape index (κ3) is 9.73. The molecular formula is C84H64SiZr-4. The fourth-order valence-electron chi connectivity index (χ4n) is 14.4. The molecule has 2 radical (unpaired) electrons. The fourth-order valence-corrected chi connectivity index (χ4v) is 14.4. The Morgan fingerprint density at radius 1 is 0.267 bits per heavy atom. The molecule has 86 heavy (non-hydrogen) atoms. The summed E-state index contributed by atoms with van der Waals surface area (Å²) in [4.78, 5) is 0. The third-order valence-corrected chi connectivity index (χ3v) is 18.5. The van der Waals surface area contributed by atoms with Crippen molar-refractivity contribution in [3.8, 4) is 44.5 Å². The van der Waals surface area contributed by atoms with Crippen LogP contribution in [0.15, 0.2) is 267 Å². The average Bonchev–Trinajstić information content (AvgIpc) is 1.40. The molecule has 0 aliphatic heterocycles. The zero-order valence-electron chi connectivity index (χ0n) is 48.8. The van der Waals surface area contributed by atoms with Gasteiger partial charge in [0.15, 0.2) is 0 Å². The van der Waals surface area contributed by atoms with Crippen LogP contribution in [0.1, 0.15) is 36.8 Å². The van der Waals surface area contributed by atoms with Gasteiger partial charge in [0.25, 0.3) is 0 Å². The van der Waals surface area contributed by atoms with Crippen LogP contribution in [0.4, 0.5) is 0 Å². The maximum absolute atomic E-state index is 3.06. The van der Waals surface area contributed by atoms with E-state index in [0.29, 0.717) is 0 Å². The normalized spacial score (nSPS) is 13.1. The summed E-state index contributed by atoms with van der Waals surface area (Å²) in [7, 11) is 0. The van der Waals surface area contributed by atoms with Crippen LogP contribution in [-0.4, -0.2) is 6.88 Å². The Balaban J connectivity index is 0.000000145. The van der Waals surface area contributed by atoms with Crippen LogP contribution in [0.25, 0.3) is 152 Å². The van der Waals surface area contributed by atoms with E-state index in [1.807, 2.05) is 0 Å². The quantitative estimate of drug-likeness (QED) is 0.0808. The molecule has 2 saturated carbocycles. The molecule has 2 aliphatic rings. The fraction of sp³-hybridized carbons (Fsp3) is 0.0952. The first-order valence-corrected chi connectivity index (χ1v) is 34.2. The van der Waals surface area contributed by atoms with E-state index in [2.05, 4.69) is 274 Å². The second-order valence-corrected chi connectivity index (χ2v) is 23.8. The molecule has 0 aromatic heterocycles. The second-order valence-electron chi connectivity index (χ2n) is 23.8. The third-order valence-electron chi connectivity index (χ3n) is 18.5. The minimum atomic E-state index is 0. The van der Waals surface area contributed by atoms with Crippen molar-refractivity contribution in [2.24, 2.45) is 11.8 Å². The van der Waals surface area contributed by atoms with Gasteiger partial charge in [0, 0.05) is 0 Å². The summed E-state index contributed by atoms with van der Waals surface area (Å²) in [5.74, 6) is 1.69. The van der Waals surface area contributed by atoms with Crippen molar-refractivity contribution < 1.29 is 23.3 Å². The Hall–Kier alpha value is -8.52. The number of rotatable bonds is 8. The Morgan fingerprint density at radius 3 is 0.709 bits per heavy atom. The topological polar surface area (TPSA) is 0 Å². The van der Waals surface area contributed by atoms with Crippen LogP contribution in [0.2, 0.25) is 0 Å². The van der Waals surface area contributed by atoms with Crippen LogP contribution in [0.3, 0.4) is 0 Å². The molecule has 18 rings (SSSR count). The van der Waals surface area contributed by atoms with Crippen molar-refractivity contribution in [1.82, 2.24) is 0 Å². The van der Waals surface area contributed by atoms with Crippen molar-refractivity contribution >= 4 is 115 Å². The Kier molecular flexibility index (Phi) is 14.8. The van der Waals surface area contributed by atoms with E-state index >= 15 is 0 Å². The predicted octanol–water partition coefficient (Wildman–Crippen LogP) is 23.4. The van der Waals surface area contributed by atoms with Gasteiger partial charge < -0.3 is 14.9 Å². The van der Waals surface area contributed by atoms with Crippen molar-refractivity contribution in [3.63, 3.8) is 0 Å². The molecule has 412 valence electrons. The zero-order chi connectivity index (χ0) is 55.8. The van der Waals surface area contributed by atoms with E-state index in [-0.39, 0.29) is 14.9 Å². The molecule has 0 nitrogen and oxygen atoms in total. The molecule has 2 heteroatoms. The second kappa shape index (κ2) is 23.1. The van der Waals surface area contributed by atoms with Gasteiger partial charge in [-0.15, -0.1) is 44.8 Å². The predicted molar refractivity (Wildman–Crippen MR) is 372 cm³/mol. The molecule has 0 spiro atoms. The van der Waals surface area contributed by atoms with Gasteiger partial charge in [-0.25, -0.2) is 0 Å². The van der Waals surface area contributed by atoms with Gasteiger partial charge in [-0.2, -0.15) is 12.1 Å². The van der Waals surface area contributed by atoms with Gasteiger partial charge >= 0.3 is 30.2 Å². The van der Waals surface area contributed by atoms with Crippen molar-refractivity contribution in [2.45, 2.75) is 38.5 Å². The molecule has 0 atom stereocenters. The molecule has 2 aliphatic carbocycles. The summed E-state index contributed by atoms with van der Waals surface area (Å²) >= 11 is 1.36. The molecule has 16 aromatic carbocycles. The largest absolute Gasteiger partial charge is 0.164 e. The summed E-state index contributed by atoms with van der Waals surface area (Å²) in [6.07, 6.45) is 7.82. The van der Waals surface area contributed by atoms with E-state index in [1.54, 1.807) is 0 Å². The van der Waals surface area contributed by atoms with Gasteiger partial charge in [-0.3, -0.25) is 0 Å². The maximum Gasteiger partial charge on any atom is -0.0107 e. The molecule has 16 aromatic rings. The van der Waals surface area contributed by atoms with Crippen LogP contribution in [-0.2, 0) is 36.2 Å². The number of benzene rings is 14. The Labute approximate surface area is 521 Å². The summed E-state index contributed by atoms with van der Waals surface area (Å²) in [5.41, 5.74) is 13.7. The van der Waals surface area contributed by atoms with Gasteiger partial charge in [0.1, 0.15) is 0 Å². The average molecular weight is 1190 g/mol. The molecule has 0 heterocycles. The minimum Gasteiger partial charge on any atom is -0.164 e. The minimum absolute atomic E-state index is 0. The monoisotopic (exact) mass is 1190 g/mol. The first-order valence-electron chi connectivity index (χ1n) is 30.0. The molecule has 0 bridgehead atoms. The van der Waals surface area contributed by atoms with Crippen molar-refractivity contribution in [1.29, 1.82) is 0 Å². The summed E-state index contributed by atoms with van der Waals surface area (Å²) < 4.78 is 0. The number of hydrogen-bond acceptors (Lipinski definition) is 0. The smallest absolute Gasteiger partial charge is 0.0107 e. The van der Waals surface area contributed by atoms with E-state index in [1.165, 1.54) is 225 Å². The summed E-state index contributed by atoms with van der Waals surface area (Å²) in [6, 6.07) is 100. The molecule has 0 N–H and O–H groups in total. The van der Waals surface area contributed by atoms with E-state index in [4.69, 9.17) is 0 Å². The van der Waals surface area contributed by atoms with Crippen molar-refractivity contribution in [2.75, 3.05) is 0 Å².